The smallest absolute Gasteiger partial charge is 0.264 e. The summed E-state index contributed by atoms with van der Waals surface area (Å²) in [5.41, 5.74) is 0.560. The van der Waals surface area contributed by atoms with Gasteiger partial charge in [0.05, 0.1) is 10.6 Å². The van der Waals surface area contributed by atoms with E-state index in [1.807, 2.05) is 6.92 Å². The van der Waals surface area contributed by atoms with Gasteiger partial charge in [0, 0.05) is 38.2 Å². The second-order valence-corrected chi connectivity index (χ2v) is 6.45. The molecule has 2 rings (SSSR count). The lowest BCUT2D eigenvalue weighted by atomic mass is 10.4. The summed E-state index contributed by atoms with van der Waals surface area (Å²) < 4.78 is 26.4. The maximum Gasteiger partial charge on any atom is 0.264 e. The first-order valence-electron chi connectivity index (χ1n) is 6.64. The van der Waals surface area contributed by atoms with Gasteiger partial charge in [-0.1, -0.05) is 6.92 Å². The van der Waals surface area contributed by atoms with Crippen LogP contribution in [0.25, 0.3) is 0 Å². The maximum atomic E-state index is 12.6. The van der Waals surface area contributed by atoms with Crippen LogP contribution in [0, 0.1) is 0 Å². The predicted octanol–water partition coefficient (Wildman–Crippen LogP) is 2.12. The number of hydrogen-bond acceptors (Lipinski definition) is 5. The Bertz CT molecular complexity index is 689. The van der Waals surface area contributed by atoms with Crippen LogP contribution in [-0.4, -0.2) is 32.0 Å². The average Bonchev–Trinajstić information content (AvgIpc) is 2.53. The van der Waals surface area contributed by atoms with Crippen molar-refractivity contribution in [2.45, 2.75) is 18.2 Å². The molecule has 112 valence electrons. The standard InChI is InChI=1S/C14H18N4O2S/c1-3-7-16-14-11-13(6-10-17-14)21(19,20)18(2)12-4-8-15-9-5-12/h4-6,8-11H,3,7H2,1-2H3,(H,16,17). The summed E-state index contributed by atoms with van der Waals surface area (Å²) in [5, 5.41) is 3.08. The number of anilines is 2. The third-order valence-electron chi connectivity index (χ3n) is 2.97. The molecule has 0 fully saturated rings. The lowest BCUT2D eigenvalue weighted by Gasteiger charge is -2.19. The molecule has 0 saturated carbocycles. The predicted molar refractivity (Wildman–Crippen MR) is 82.8 cm³/mol. The first-order chi connectivity index (χ1) is 10.1. The molecule has 0 radical (unpaired) electrons. The number of hydrogen-bond donors (Lipinski definition) is 1. The Hall–Kier alpha value is -2.15. The summed E-state index contributed by atoms with van der Waals surface area (Å²) in [6.45, 7) is 2.78. The zero-order chi connectivity index (χ0) is 15.3. The van der Waals surface area contributed by atoms with Crippen molar-refractivity contribution in [1.29, 1.82) is 0 Å². The van der Waals surface area contributed by atoms with Crippen LogP contribution in [0.4, 0.5) is 11.5 Å². The molecule has 0 aliphatic carbocycles. The third-order valence-corrected chi connectivity index (χ3v) is 4.75. The van der Waals surface area contributed by atoms with Crippen molar-refractivity contribution in [1.82, 2.24) is 9.97 Å². The summed E-state index contributed by atoms with van der Waals surface area (Å²) in [5.74, 6) is 0.557. The summed E-state index contributed by atoms with van der Waals surface area (Å²) in [6, 6.07) is 6.33. The van der Waals surface area contributed by atoms with E-state index in [0.717, 1.165) is 13.0 Å². The summed E-state index contributed by atoms with van der Waals surface area (Å²) in [4.78, 5) is 8.21. The highest BCUT2D eigenvalue weighted by Crippen LogP contribution is 2.22. The molecule has 21 heavy (non-hydrogen) atoms. The molecular formula is C14H18N4O2S. The lowest BCUT2D eigenvalue weighted by molar-refractivity contribution is 0.594. The van der Waals surface area contributed by atoms with Crippen LogP contribution in [0.2, 0.25) is 0 Å². The molecule has 6 nitrogen and oxygen atoms in total. The summed E-state index contributed by atoms with van der Waals surface area (Å²) in [7, 11) is -2.10. The molecule has 1 N–H and O–H groups in total. The minimum Gasteiger partial charge on any atom is -0.370 e. The number of aromatic nitrogens is 2. The van der Waals surface area contributed by atoms with E-state index in [0.29, 0.717) is 11.5 Å². The maximum absolute atomic E-state index is 12.6. The van der Waals surface area contributed by atoms with Gasteiger partial charge >= 0.3 is 0 Å². The van der Waals surface area contributed by atoms with E-state index in [1.165, 1.54) is 23.6 Å². The average molecular weight is 306 g/mol. The van der Waals surface area contributed by atoms with Crippen molar-refractivity contribution in [3.05, 3.63) is 42.9 Å². The molecule has 2 aromatic rings. The van der Waals surface area contributed by atoms with Gasteiger partial charge in [0.1, 0.15) is 5.82 Å². The lowest BCUT2D eigenvalue weighted by Crippen LogP contribution is -2.26. The molecule has 0 aliphatic rings. The van der Waals surface area contributed by atoms with Crippen LogP contribution in [-0.2, 0) is 10.0 Å². The van der Waals surface area contributed by atoms with Gasteiger partial charge < -0.3 is 5.32 Å². The minimum absolute atomic E-state index is 0.204. The summed E-state index contributed by atoms with van der Waals surface area (Å²) >= 11 is 0. The van der Waals surface area contributed by atoms with Crippen LogP contribution in [0.15, 0.2) is 47.8 Å². The second-order valence-electron chi connectivity index (χ2n) is 4.48. The van der Waals surface area contributed by atoms with Crippen molar-refractivity contribution >= 4 is 21.5 Å². The number of rotatable bonds is 6. The van der Waals surface area contributed by atoms with Gasteiger partial charge in [-0.15, -0.1) is 0 Å². The first-order valence-corrected chi connectivity index (χ1v) is 8.08. The number of sulfonamides is 1. The van der Waals surface area contributed by atoms with Crippen LogP contribution in [0.1, 0.15) is 13.3 Å². The molecule has 0 atom stereocenters. The van der Waals surface area contributed by atoms with Crippen LogP contribution in [0.3, 0.4) is 0 Å². The Morgan fingerprint density at radius 1 is 1.19 bits per heavy atom. The summed E-state index contributed by atoms with van der Waals surface area (Å²) in [6.07, 6.45) is 5.55. The van der Waals surface area contributed by atoms with E-state index >= 15 is 0 Å². The Balaban J connectivity index is 2.31. The van der Waals surface area contributed by atoms with E-state index in [1.54, 1.807) is 30.6 Å². The highest BCUT2D eigenvalue weighted by Gasteiger charge is 2.21. The Morgan fingerprint density at radius 2 is 1.90 bits per heavy atom. The van der Waals surface area contributed by atoms with E-state index in [-0.39, 0.29) is 4.90 Å². The van der Waals surface area contributed by atoms with Crippen LogP contribution in [0.5, 0.6) is 0 Å². The fraction of sp³-hybridized carbons (Fsp3) is 0.286. The topological polar surface area (TPSA) is 75.2 Å². The molecule has 0 amide bonds. The van der Waals surface area contributed by atoms with Crippen molar-refractivity contribution in [2.75, 3.05) is 23.2 Å². The zero-order valence-corrected chi connectivity index (χ0v) is 12.8. The normalized spacial score (nSPS) is 11.1. The third kappa shape index (κ3) is 3.49. The van der Waals surface area contributed by atoms with Gasteiger partial charge in [0.25, 0.3) is 10.0 Å². The highest BCUT2D eigenvalue weighted by molar-refractivity contribution is 7.92. The second kappa shape index (κ2) is 6.53. The fourth-order valence-corrected chi connectivity index (χ4v) is 2.98. The van der Waals surface area contributed by atoms with Crippen molar-refractivity contribution in [3.63, 3.8) is 0 Å². The molecule has 0 saturated heterocycles. The van der Waals surface area contributed by atoms with Gasteiger partial charge in [-0.2, -0.15) is 0 Å². The SMILES string of the molecule is CCCNc1cc(S(=O)(=O)N(C)c2ccncc2)ccn1. The number of nitrogens with one attached hydrogen (secondary N) is 1. The highest BCUT2D eigenvalue weighted by atomic mass is 32.2. The van der Waals surface area contributed by atoms with Crippen molar-refractivity contribution in [3.8, 4) is 0 Å². The molecule has 7 heteroatoms. The molecule has 0 spiro atoms. The van der Waals surface area contributed by atoms with Gasteiger partial charge in [0.15, 0.2) is 0 Å². The fourth-order valence-electron chi connectivity index (χ4n) is 1.77. The quantitative estimate of drug-likeness (QED) is 0.885. The van der Waals surface area contributed by atoms with Gasteiger partial charge in [-0.05, 0) is 24.6 Å². The Labute approximate surface area is 124 Å². The van der Waals surface area contributed by atoms with Gasteiger partial charge in [0.2, 0.25) is 0 Å². The monoisotopic (exact) mass is 306 g/mol. The molecular weight excluding hydrogens is 288 g/mol. The minimum atomic E-state index is -3.61. The van der Waals surface area contributed by atoms with Crippen molar-refractivity contribution in [2.24, 2.45) is 0 Å². The number of pyridine rings is 2. The van der Waals surface area contributed by atoms with E-state index in [2.05, 4.69) is 15.3 Å². The Morgan fingerprint density at radius 3 is 2.57 bits per heavy atom. The zero-order valence-electron chi connectivity index (χ0n) is 12.0. The molecule has 0 aliphatic heterocycles. The molecule has 2 aromatic heterocycles. The van der Waals surface area contributed by atoms with Crippen LogP contribution < -0.4 is 9.62 Å². The Kier molecular flexibility index (Phi) is 4.74. The van der Waals surface area contributed by atoms with Crippen molar-refractivity contribution < 1.29 is 8.42 Å². The van der Waals surface area contributed by atoms with E-state index < -0.39 is 10.0 Å². The van der Waals surface area contributed by atoms with E-state index in [4.69, 9.17) is 0 Å². The molecule has 0 unspecified atom stereocenters. The van der Waals surface area contributed by atoms with Gasteiger partial charge in [-0.25, -0.2) is 13.4 Å². The molecule has 0 aromatic carbocycles. The molecule has 2 heterocycles. The van der Waals surface area contributed by atoms with Crippen LogP contribution >= 0.6 is 0 Å². The largest absolute Gasteiger partial charge is 0.370 e. The number of nitrogens with zero attached hydrogens (tertiary/aromatic N) is 3. The first kappa shape index (κ1) is 15.2. The van der Waals surface area contributed by atoms with Gasteiger partial charge in [-0.3, -0.25) is 9.29 Å². The van der Waals surface area contributed by atoms with E-state index in [9.17, 15) is 8.42 Å². The molecule has 0 bridgehead atoms.